The SMILES string of the molecule is O=C(Cc1ccsc1)c1ccc(Br)cc1Br. The van der Waals surface area contributed by atoms with Gasteiger partial charge >= 0.3 is 0 Å². The summed E-state index contributed by atoms with van der Waals surface area (Å²) in [5.74, 6) is 0.137. The molecule has 0 amide bonds. The maximum atomic E-state index is 12.0. The maximum absolute atomic E-state index is 12.0. The highest BCUT2D eigenvalue weighted by atomic mass is 79.9. The minimum Gasteiger partial charge on any atom is -0.294 e. The smallest absolute Gasteiger partial charge is 0.168 e. The van der Waals surface area contributed by atoms with Crippen LogP contribution in [0, 0.1) is 0 Å². The van der Waals surface area contributed by atoms with Crippen LogP contribution in [0.25, 0.3) is 0 Å². The van der Waals surface area contributed by atoms with E-state index in [0.717, 1.165) is 20.1 Å². The fourth-order valence-electron chi connectivity index (χ4n) is 1.39. The van der Waals surface area contributed by atoms with Gasteiger partial charge in [-0.1, -0.05) is 31.9 Å². The van der Waals surface area contributed by atoms with Gasteiger partial charge in [0.15, 0.2) is 5.78 Å². The fourth-order valence-corrected chi connectivity index (χ4v) is 3.33. The van der Waals surface area contributed by atoms with Crippen molar-refractivity contribution < 1.29 is 4.79 Å². The molecule has 0 atom stereocenters. The Morgan fingerprint density at radius 2 is 2.06 bits per heavy atom. The Balaban J connectivity index is 2.21. The summed E-state index contributed by atoms with van der Waals surface area (Å²) in [7, 11) is 0. The molecule has 0 spiro atoms. The number of carbonyl (C=O) groups excluding carboxylic acids is 1. The van der Waals surface area contributed by atoms with E-state index in [1.165, 1.54) is 0 Å². The first-order valence-corrected chi connectivity index (χ1v) is 7.19. The van der Waals surface area contributed by atoms with E-state index in [4.69, 9.17) is 0 Å². The van der Waals surface area contributed by atoms with Gasteiger partial charge in [-0.15, -0.1) is 0 Å². The lowest BCUT2D eigenvalue weighted by Gasteiger charge is -2.03. The Kier molecular flexibility index (Phi) is 3.95. The fraction of sp³-hybridized carbons (Fsp3) is 0.0833. The van der Waals surface area contributed by atoms with Gasteiger partial charge in [0.1, 0.15) is 0 Å². The van der Waals surface area contributed by atoms with Crippen LogP contribution in [-0.2, 0) is 6.42 Å². The van der Waals surface area contributed by atoms with E-state index >= 15 is 0 Å². The molecule has 0 N–H and O–H groups in total. The molecule has 0 bridgehead atoms. The Hall–Kier alpha value is -0.450. The first-order valence-electron chi connectivity index (χ1n) is 4.66. The number of rotatable bonds is 3. The molecule has 16 heavy (non-hydrogen) atoms. The van der Waals surface area contributed by atoms with Crippen LogP contribution in [0.5, 0.6) is 0 Å². The average Bonchev–Trinajstić information content (AvgIpc) is 2.70. The Bertz CT molecular complexity index is 506. The second-order valence-electron chi connectivity index (χ2n) is 3.36. The average molecular weight is 360 g/mol. The van der Waals surface area contributed by atoms with Gasteiger partial charge in [-0.2, -0.15) is 11.3 Å². The number of halogens is 2. The standard InChI is InChI=1S/C12H8Br2OS/c13-9-1-2-10(11(14)6-9)12(15)5-8-3-4-16-7-8/h1-4,6-7H,5H2. The lowest BCUT2D eigenvalue weighted by molar-refractivity contribution is 0.0992. The van der Waals surface area contributed by atoms with Crippen molar-refractivity contribution in [2.75, 3.05) is 0 Å². The molecule has 1 heterocycles. The molecule has 1 aromatic carbocycles. The van der Waals surface area contributed by atoms with E-state index in [0.29, 0.717) is 6.42 Å². The summed E-state index contributed by atoms with van der Waals surface area (Å²) in [6.45, 7) is 0. The number of carbonyl (C=O) groups is 1. The van der Waals surface area contributed by atoms with E-state index < -0.39 is 0 Å². The van der Waals surface area contributed by atoms with E-state index in [1.54, 1.807) is 11.3 Å². The van der Waals surface area contributed by atoms with Crippen LogP contribution in [0.15, 0.2) is 44.0 Å². The quantitative estimate of drug-likeness (QED) is 0.726. The van der Waals surface area contributed by atoms with Gasteiger partial charge < -0.3 is 0 Å². The molecule has 0 aliphatic heterocycles. The van der Waals surface area contributed by atoms with Gasteiger partial charge in [-0.25, -0.2) is 0 Å². The molecule has 1 aromatic heterocycles. The molecule has 0 unspecified atom stereocenters. The summed E-state index contributed by atoms with van der Waals surface area (Å²) >= 11 is 8.38. The molecule has 0 saturated heterocycles. The number of benzene rings is 1. The van der Waals surface area contributed by atoms with Crippen LogP contribution in [0.1, 0.15) is 15.9 Å². The number of ketones is 1. The number of hydrogen-bond acceptors (Lipinski definition) is 2. The third-order valence-corrected chi connectivity index (χ3v) is 4.06. The third kappa shape index (κ3) is 2.81. The normalized spacial score (nSPS) is 10.4. The second kappa shape index (κ2) is 5.25. The number of Topliss-reactive ketones (excluding diaryl/α,β-unsaturated/α-hetero) is 1. The molecule has 2 rings (SSSR count). The summed E-state index contributed by atoms with van der Waals surface area (Å²) in [6, 6.07) is 7.59. The van der Waals surface area contributed by atoms with Crippen molar-refractivity contribution in [2.45, 2.75) is 6.42 Å². The van der Waals surface area contributed by atoms with Gasteiger partial charge in [0, 0.05) is 20.9 Å². The highest BCUT2D eigenvalue weighted by Crippen LogP contribution is 2.23. The van der Waals surface area contributed by atoms with Crippen molar-refractivity contribution in [1.29, 1.82) is 0 Å². The molecule has 0 aliphatic rings. The van der Waals surface area contributed by atoms with E-state index in [1.807, 2.05) is 35.0 Å². The first kappa shape index (κ1) is 12.0. The Morgan fingerprint density at radius 3 is 2.69 bits per heavy atom. The van der Waals surface area contributed by atoms with Crippen molar-refractivity contribution in [3.05, 3.63) is 55.1 Å². The molecule has 0 fully saturated rings. The molecule has 4 heteroatoms. The van der Waals surface area contributed by atoms with Crippen LogP contribution in [-0.4, -0.2) is 5.78 Å². The summed E-state index contributed by atoms with van der Waals surface area (Å²) in [5.41, 5.74) is 1.80. The third-order valence-electron chi connectivity index (χ3n) is 2.18. The molecular weight excluding hydrogens is 352 g/mol. The molecular formula is C12H8Br2OS. The molecule has 2 aromatic rings. The summed E-state index contributed by atoms with van der Waals surface area (Å²) < 4.78 is 1.80. The molecule has 0 aliphatic carbocycles. The first-order chi connectivity index (χ1) is 7.66. The zero-order valence-electron chi connectivity index (χ0n) is 8.24. The minimum absolute atomic E-state index is 0.137. The highest BCUT2D eigenvalue weighted by Gasteiger charge is 2.11. The van der Waals surface area contributed by atoms with Gasteiger partial charge in [0.2, 0.25) is 0 Å². The zero-order valence-corrected chi connectivity index (χ0v) is 12.2. The maximum Gasteiger partial charge on any atom is 0.168 e. The summed E-state index contributed by atoms with van der Waals surface area (Å²) in [4.78, 5) is 12.0. The molecule has 0 saturated carbocycles. The van der Waals surface area contributed by atoms with Crippen molar-refractivity contribution in [1.82, 2.24) is 0 Å². The van der Waals surface area contributed by atoms with Gasteiger partial charge in [0.05, 0.1) is 0 Å². The largest absolute Gasteiger partial charge is 0.294 e. The van der Waals surface area contributed by atoms with E-state index in [9.17, 15) is 4.79 Å². The zero-order chi connectivity index (χ0) is 11.5. The summed E-state index contributed by atoms with van der Waals surface area (Å²) in [6.07, 6.45) is 0.462. The highest BCUT2D eigenvalue weighted by molar-refractivity contribution is 9.11. The van der Waals surface area contributed by atoms with Gasteiger partial charge in [-0.3, -0.25) is 4.79 Å². The van der Waals surface area contributed by atoms with Gasteiger partial charge in [0.25, 0.3) is 0 Å². The Labute approximate surface area is 115 Å². The topological polar surface area (TPSA) is 17.1 Å². The predicted molar refractivity (Wildman–Crippen MR) is 74.2 cm³/mol. The number of hydrogen-bond donors (Lipinski definition) is 0. The molecule has 82 valence electrons. The number of thiophene rings is 1. The second-order valence-corrected chi connectivity index (χ2v) is 5.91. The van der Waals surface area contributed by atoms with Crippen molar-refractivity contribution in [2.24, 2.45) is 0 Å². The molecule has 0 radical (unpaired) electrons. The Morgan fingerprint density at radius 1 is 1.25 bits per heavy atom. The lowest BCUT2D eigenvalue weighted by Crippen LogP contribution is -2.03. The monoisotopic (exact) mass is 358 g/mol. The van der Waals surface area contributed by atoms with Crippen LogP contribution in [0.4, 0.5) is 0 Å². The molecule has 1 nitrogen and oxygen atoms in total. The van der Waals surface area contributed by atoms with Crippen LogP contribution >= 0.6 is 43.2 Å². The van der Waals surface area contributed by atoms with Crippen LogP contribution in [0.2, 0.25) is 0 Å². The van der Waals surface area contributed by atoms with Gasteiger partial charge in [-0.05, 0) is 40.6 Å². The van der Waals surface area contributed by atoms with Crippen molar-refractivity contribution in [3.8, 4) is 0 Å². The predicted octanol–water partition coefficient (Wildman–Crippen LogP) is 4.70. The van der Waals surface area contributed by atoms with Crippen molar-refractivity contribution in [3.63, 3.8) is 0 Å². The van der Waals surface area contributed by atoms with Crippen molar-refractivity contribution >= 4 is 49.0 Å². The van der Waals surface area contributed by atoms with E-state index in [-0.39, 0.29) is 5.78 Å². The van der Waals surface area contributed by atoms with Crippen LogP contribution in [0.3, 0.4) is 0 Å². The minimum atomic E-state index is 0.137. The van der Waals surface area contributed by atoms with E-state index in [2.05, 4.69) is 31.9 Å². The van der Waals surface area contributed by atoms with Crippen LogP contribution < -0.4 is 0 Å². The lowest BCUT2D eigenvalue weighted by atomic mass is 10.1. The summed E-state index contributed by atoms with van der Waals surface area (Å²) in [5, 5.41) is 3.99.